The lowest BCUT2D eigenvalue weighted by atomic mass is 10.0. The van der Waals surface area contributed by atoms with Crippen LogP contribution in [0.1, 0.15) is 54.6 Å². The van der Waals surface area contributed by atoms with E-state index in [9.17, 15) is 4.79 Å². The molecule has 2 rings (SSSR count). The maximum Gasteiger partial charge on any atom is 0.236 e. The summed E-state index contributed by atoms with van der Waals surface area (Å²) in [7, 11) is 0. The Kier molecular flexibility index (Phi) is 4.32. The van der Waals surface area contributed by atoms with E-state index < -0.39 is 0 Å². The molecule has 2 aromatic rings. The van der Waals surface area contributed by atoms with E-state index in [4.69, 9.17) is 4.52 Å². The highest BCUT2D eigenvalue weighted by molar-refractivity contribution is 5.83. The van der Waals surface area contributed by atoms with Crippen LogP contribution in [0.2, 0.25) is 0 Å². The van der Waals surface area contributed by atoms with Crippen LogP contribution < -0.4 is 0 Å². The van der Waals surface area contributed by atoms with Gasteiger partial charge in [-0.1, -0.05) is 41.4 Å². The summed E-state index contributed by atoms with van der Waals surface area (Å²) in [6, 6.07) is 6.36. The predicted octanol–water partition coefficient (Wildman–Crippen LogP) is 3.36. The van der Waals surface area contributed by atoms with Gasteiger partial charge in [0.15, 0.2) is 5.82 Å². The normalized spacial score (nSPS) is 12.4. The van der Waals surface area contributed by atoms with Crippen molar-refractivity contribution in [2.45, 2.75) is 46.5 Å². The number of aryl methyl sites for hydroxylation is 2. The molecular formula is C16H20N2O2. The summed E-state index contributed by atoms with van der Waals surface area (Å²) in [5, 5.41) is 3.97. The minimum atomic E-state index is -0.319. The zero-order chi connectivity index (χ0) is 14.7. The lowest BCUT2D eigenvalue weighted by Gasteiger charge is -2.02. The average molecular weight is 272 g/mol. The topological polar surface area (TPSA) is 56.0 Å². The Bertz CT molecular complexity index is 596. The van der Waals surface area contributed by atoms with Crippen molar-refractivity contribution < 1.29 is 9.32 Å². The molecule has 0 fully saturated rings. The van der Waals surface area contributed by atoms with Gasteiger partial charge in [0, 0.05) is 12.8 Å². The van der Waals surface area contributed by atoms with E-state index in [-0.39, 0.29) is 11.7 Å². The van der Waals surface area contributed by atoms with Crippen molar-refractivity contribution in [3.05, 3.63) is 46.6 Å². The molecule has 1 unspecified atom stereocenters. The Morgan fingerprint density at radius 1 is 1.25 bits per heavy atom. The highest BCUT2D eigenvalue weighted by atomic mass is 16.5. The van der Waals surface area contributed by atoms with Crippen molar-refractivity contribution >= 4 is 5.78 Å². The van der Waals surface area contributed by atoms with Crippen LogP contribution in [0, 0.1) is 13.8 Å². The minimum Gasteiger partial charge on any atom is -0.339 e. The van der Waals surface area contributed by atoms with Crippen LogP contribution in [0.25, 0.3) is 0 Å². The first-order valence-corrected chi connectivity index (χ1v) is 6.92. The van der Waals surface area contributed by atoms with Gasteiger partial charge in [-0.25, -0.2) is 0 Å². The monoisotopic (exact) mass is 272 g/mol. The summed E-state index contributed by atoms with van der Waals surface area (Å²) in [5.41, 5.74) is 3.60. The van der Waals surface area contributed by atoms with Crippen molar-refractivity contribution in [2.24, 2.45) is 0 Å². The number of Topliss-reactive ketones (excluding diaryl/α,β-unsaturated/α-hetero) is 1. The maximum atomic E-state index is 11.6. The van der Waals surface area contributed by atoms with Gasteiger partial charge in [0.25, 0.3) is 0 Å². The third kappa shape index (κ3) is 3.32. The number of rotatable bonds is 5. The molecule has 0 radical (unpaired) electrons. The second kappa shape index (κ2) is 5.99. The number of carbonyl (C=O) groups is 1. The number of aromatic nitrogens is 2. The Morgan fingerprint density at radius 2 is 1.90 bits per heavy atom. The molecule has 20 heavy (non-hydrogen) atoms. The molecule has 4 heteroatoms. The first-order chi connectivity index (χ1) is 9.49. The molecule has 0 aliphatic heterocycles. The van der Waals surface area contributed by atoms with Crippen molar-refractivity contribution in [3.8, 4) is 0 Å². The van der Waals surface area contributed by atoms with E-state index in [1.807, 2.05) is 6.92 Å². The molecule has 0 spiro atoms. The summed E-state index contributed by atoms with van der Waals surface area (Å²) in [6.45, 7) is 7.78. The number of hydrogen-bond acceptors (Lipinski definition) is 4. The van der Waals surface area contributed by atoms with Crippen LogP contribution in [0.4, 0.5) is 0 Å². The van der Waals surface area contributed by atoms with E-state index in [1.165, 1.54) is 11.1 Å². The Balaban J connectivity index is 2.15. The second-order valence-electron chi connectivity index (χ2n) is 5.26. The fourth-order valence-electron chi connectivity index (χ4n) is 2.31. The van der Waals surface area contributed by atoms with Crippen molar-refractivity contribution in [1.82, 2.24) is 10.1 Å². The molecule has 0 saturated carbocycles. The summed E-state index contributed by atoms with van der Waals surface area (Å²) < 4.78 is 5.20. The zero-order valence-corrected chi connectivity index (χ0v) is 12.4. The van der Waals surface area contributed by atoms with Crippen molar-refractivity contribution in [1.29, 1.82) is 0 Å². The van der Waals surface area contributed by atoms with Crippen molar-refractivity contribution in [3.63, 3.8) is 0 Å². The van der Waals surface area contributed by atoms with Gasteiger partial charge in [0.1, 0.15) is 5.78 Å². The van der Waals surface area contributed by atoms with Crippen LogP contribution in [0.5, 0.6) is 0 Å². The van der Waals surface area contributed by atoms with Gasteiger partial charge >= 0.3 is 0 Å². The number of nitrogens with zero attached hydrogens (tertiary/aromatic N) is 2. The van der Waals surface area contributed by atoms with Gasteiger partial charge in [-0.05, 0) is 26.3 Å². The van der Waals surface area contributed by atoms with E-state index in [0.29, 0.717) is 24.6 Å². The Hall–Kier alpha value is -1.97. The second-order valence-corrected chi connectivity index (χ2v) is 5.26. The summed E-state index contributed by atoms with van der Waals surface area (Å²) in [6.07, 6.45) is 1.11. The van der Waals surface area contributed by atoms with Gasteiger partial charge < -0.3 is 4.52 Å². The molecule has 0 aliphatic carbocycles. The van der Waals surface area contributed by atoms with E-state index >= 15 is 0 Å². The lowest BCUT2D eigenvalue weighted by molar-refractivity contribution is -0.120. The van der Waals surface area contributed by atoms with E-state index in [1.54, 1.807) is 6.92 Å². The lowest BCUT2D eigenvalue weighted by Crippen LogP contribution is -2.07. The van der Waals surface area contributed by atoms with E-state index in [2.05, 4.69) is 42.2 Å². The SMILES string of the molecule is CCC(=O)C(C)c1nc(Cc2cc(C)cc(C)c2)no1. The Morgan fingerprint density at radius 3 is 2.50 bits per heavy atom. The maximum absolute atomic E-state index is 11.6. The molecular weight excluding hydrogens is 252 g/mol. The molecule has 0 aliphatic rings. The van der Waals surface area contributed by atoms with Gasteiger partial charge in [0.2, 0.25) is 5.89 Å². The molecule has 106 valence electrons. The third-order valence-electron chi connectivity index (χ3n) is 3.33. The molecule has 0 bridgehead atoms. The highest BCUT2D eigenvalue weighted by Gasteiger charge is 2.20. The molecule has 1 aromatic carbocycles. The number of benzene rings is 1. The quantitative estimate of drug-likeness (QED) is 0.837. The number of carbonyl (C=O) groups excluding carboxylic acids is 1. The molecule has 0 saturated heterocycles. The summed E-state index contributed by atoms with van der Waals surface area (Å²) in [4.78, 5) is 16.0. The van der Waals surface area contributed by atoms with Gasteiger partial charge in [-0.15, -0.1) is 0 Å². The van der Waals surface area contributed by atoms with E-state index in [0.717, 1.165) is 5.56 Å². The molecule has 0 amide bonds. The predicted molar refractivity (Wildman–Crippen MR) is 76.7 cm³/mol. The third-order valence-corrected chi connectivity index (χ3v) is 3.33. The summed E-state index contributed by atoms with van der Waals surface area (Å²) in [5.74, 6) is 0.837. The van der Waals surface area contributed by atoms with Gasteiger partial charge in [-0.2, -0.15) is 4.98 Å². The number of hydrogen-bond donors (Lipinski definition) is 0. The molecule has 1 aromatic heterocycles. The van der Waals surface area contributed by atoms with Crippen LogP contribution in [0.15, 0.2) is 22.7 Å². The Labute approximate surface area is 119 Å². The smallest absolute Gasteiger partial charge is 0.236 e. The van der Waals surface area contributed by atoms with Crippen LogP contribution in [-0.4, -0.2) is 15.9 Å². The zero-order valence-electron chi connectivity index (χ0n) is 12.4. The van der Waals surface area contributed by atoms with Crippen LogP contribution in [0.3, 0.4) is 0 Å². The first-order valence-electron chi connectivity index (χ1n) is 6.92. The molecule has 1 heterocycles. The molecule has 4 nitrogen and oxygen atoms in total. The van der Waals surface area contributed by atoms with Crippen molar-refractivity contribution in [2.75, 3.05) is 0 Å². The summed E-state index contributed by atoms with van der Waals surface area (Å²) >= 11 is 0. The molecule has 0 N–H and O–H groups in total. The largest absolute Gasteiger partial charge is 0.339 e. The average Bonchev–Trinajstić information content (AvgIpc) is 2.84. The fourth-order valence-corrected chi connectivity index (χ4v) is 2.31. The fraction of sp³-hybridized carbons (Fsp3) is 0.438. The first kappa shape index (κ1) is 14.4. The van der Waals surface area contributed by atoms with Gasteiger partial charge in [-0.3, -0.25) is 4.79 Å². The van der Waals surface area contributed by atoms with Crippen LogP contribution >= 0.6 is 0 Å². The minimum absolute atomic E-state index is 0.117. The number of ketones is 1. The highest BCUT2D eigenvalue weighted by Crippen LogP contribution is 2.17. The van der Waals surface area contributed by atoms with Crippen LogP contribution in [-0.2, 0) is 11.2 Å². The molecule has 1 atom stereocenters. The standard InChI is InChI=1S/C16H20N2O2/c1-5-14(19)12(4)16-17-15(18-20-16)9-13-7-10(2)6-11(3)8-13/h6-8,12H,5,9H2,1-4H3. The van der Waals surface area contributed by atoms with Gasteiger partial charge in [0.05, 0.1) is 5.92 Å².